The zero-order chi connectivity index (χ0) is 14.2. The Hall–Kier alpha value is -1.02. The van der Waals surface area contributed by atoms with Gasteiger partial charge in [-0.05, 0) is 68.5 Å². The third kappa shape index (κ3) is 2.48. The third-order valence-corrected chi connectivity index (χ3v) is 6.30. The molecule has 2 saturated carbocycles. The average Bonchev–Trinajstić information content (AvgIpc) is 3.15. The second-order valence-electron chi connectivity index (χ2n) is 7.35. The number of likely N-dealkylation sites (N-methyl/N-ethyl adjacent to an activating group) is 1. The number of fused-ring (bicyclic) bond motifs is 3. The summed E-state index contributed by atoms with van der Waals surface area (Å²) in [6.45, 7) is 0.872. The molecule has 1 aliphatic heterocycles. The Morgan fingerprint density at radius 1 is 1.19 bits per heavy atom. The molecular weight excluding hydrogens is 258 g/mol. The number of benzene rings is 1. The summed E-state index contributed by atoms with van der Waals surface area (Å²) >= 11 is 0. The Kier molecular flexibility index (Phi) is 3.66. The molecule has 0 aromatic heterocycles. The molecular formula is C19H27NO. The van der Waals surface area contributed by atoms with Crippen molar-refractivity contribution in [3.8, 4) is 5.75 Å². The minimum atomic E-state index is 0.611. The van der Waals surface area contributed by atoms with Crippen LogP contribution in [0.25, 0.3) is 0 Å². The van der Waals surface area contributed by atoms with Gasteiger partial charge in [0.2, 0.25) is 0 Å². The van der Waals surface area contributed by atoms with Crippen molar-refractivity contribution in [2.75, 3.05) is 13.7 Å². The van der Waals surface area contributed by atoms with Crippen LogP contribution >= 0.6 is 0 Å². The predicted molar refractivity (Wildman–Crippen MR) is 85.7 cm³/mol. The van der Waals surface area contributed by atoms with E-state index in [4.69, 9.17) is 4.74 Å². The largest absolute Gasteiger partial charge is 0.493 e. The van der Waals surface area contributed by atoms with E-state index in [-0.39, 0.29) is 0 Å². The first-order chi connectivity index (χ1) is 10.3. The van der Waals surface area contributed by atoms with Crippen LogP contribution in [0.15, 0.2) is 24.3 Å². The fraction of sp³-hybridized carbons (Fsp3) is 0.684. The average molecular weight is 285 g/mol. The summed E-state index contributed by atoms with van der Waals surface area (Å²) in [4.78, 5) is 0. The van der Waals surface area contributed by atoms with E-state index >= 15 is 0 Å². The van der Waals surface area contributed by atoms with Gasteiger partial charge in [0.1, 0.15) is 5.75 Å². The van der Waals surface area contributed by atoms with E-state index in [1.54, 1.807) is 0 Å². The highest BCUT2D eigenvalue weighted by molar-refractivity contribution is 5.38. The first-order valence-corrected chi connectivity index (χ1v) is 8.74. The maximum atomic E-state index is 5.84. The second kappa shape index (κ2) is 5.64. The number of nitrogens with one attached hydrogen (secondary N) is 1. The highest BCUT2D eigenvalue weighted by Gasteiger charge is 2.41. The van der Waals surface area contributed by atoms with Crippen molar-refractivity contribution in [3.05, 3.63) is 29.8 Å². The van der Waals surface area contributed by atoms with Crippen molar-refractivity contribution >= 4 is 0 Å². The molecule has 0 amide bonds. The van der Waals surface area contributed by atoms with Gasteiger partial charge in [-0.3, -0.25) is 0 Å². The van der Waals surface area contributed by atoms with Crippen LogP contribution in [0, 0.1) is 17.8 Å². The van der Waals surface area contributed by atoms with Crippen LogP contribution in [0.2, 0.25) is 0 Å². The molecule has 2 fully saturated rings. The van der Waals surface area contributed by atoms with E-state index in [1.807, 2.05) is 0 Å². The highest BCUT2D eigenvalue weighted by atomic mass is 16.5. The van der Waals surface area contributed by atoms with Crippen molar-refractivity contribution < 1.29 is 4.74 Å². The summed E-state index contributed by atoms with van der Waals surface area (Å²) in [6.07, 6.45) is 8.53. The molecule has 0 saturated heterocycles. The molecule has 114 valence electrons. The second-order valence-corrected chi connectivity index (χ2v) is 7.35. The number of hydrogen-bond acceptors (Lipinski definition) is 2. The topological polar surface area (TPSA) is 21.3 Å². The highest BCUT2D eigenvalue weighted by Crippen LogP contribution is 2.51. The monoisotopic (exact) mass is 285 g/mol. The summed E-state index contributed by atoms with van der Waals surface area (Å²) < 4.78 is 5.84. The normalized spacial score (nSPS) is 35.3. The summed E-state index contributed by atoms with van der Waals surface area (Å²) in [5.74, 6) is 4.79. The lowest BCUT2D eigenvalue weighted by atomic mass is 9.78. The molecule has 1 N–H and O–H groups in total. The maximum Gasteiger partial charge on any atom is 0.122 e. The standard InChI is InChI=1S/C19H27NO/c1-20-18(12-15-11-13-6-7-14(15)10-13)16-8-9-21-19-5-3-2-4-17(16)19/h2-5,13-16,18,20H,6-12H2,1H3. The smallest absolute Gasteiger partial charge is 0.122 e. The lowest BCUT2D eigenvalue weighted by Gasteiger charge is -2.35. The van der Waals surface area contributed by atoms with Gasteiger partial charge >= 0.3 is 0 Å². The SMILES string of the molecule is CNC(CC1CC2CCC1C2)C1CCOc2ccccc21. The zero-order valence-electron chi connectivity index (χ0n) is 13.1. The van der Waals surface area contributed by atoms with Crippen LogP contribution < -0.4 is 10.1 Å². The van der Waals surface area contributed by atoms with E-state index < -0.39 is 0 Å². The van der Waals surface area contributed by atoms with Crippen molar-refractivity contribution in [3.63, 3.8) is 0 Å². The molecule has 1 aromatic rings. The number of hydrogen-bond donors (Lipinski definition) is 1. The third-order valence-electron chi connectivity index (χ3n) is 6.30. The van der Waals surface area contributed by atoms with Crippen molar-refractivity contribution in [2.24, 2.45) is 17.8 Å². The van der Waals surface area contributed by atoms with Gasteiger partial charge in [-0.2, -0.15) is 0 Å². The summed E-state index contributed by atoms with van der Waals surface area (Å²) in [5, 5.41) is 3.64. The molecule has 2 bridgehead atoms. The van der Waals surface area contributed by atoms with E-state index in [2.05, 4.69) is 36.6 Å². The molecule has 4 rings (SSSR count). The lowest BCUT2D eigenvalue weighted by molar-refractivity contribution is 0.217. The quantitative estimate of drug-likeness (QED) is 0.904. The van der Waals surface area contributed by atoms with Crippen molar-refractivity contribution in [1.29, 1.82) is 0 Å². The van der Waals surface area contributed by atoms with E-state index in [0.717, 1.165) is 36.5 Å². The van der Waals surface area contributed by atoms with Gasteiger partial charge in [0, 0.05) is 12.0 Å². The summed E-state index contributed by atoms with van der Waals surface area (Å²) in [5.41, 5.74) is 1.42. The number of rotatable bonds is 4. The molecule has 1 aromatic carbocycles. The Bertz CT molecular complexity index is 500. The molecule has 2 aliphatic carbocycles. The fourth-order valence-corrected chi connectivity index (χ4v) is 5.26. The molecule has 0 spiro atoms. The molecule has 1 heterocycles. The van der Waals surface area contributed by atoms with Crippen LogP contribution in [0.5, 0.6) is 5.75 Å². The number of para-hydroxylation sites is 1. The van der Waals surface area contributed by atoms with Crippen LogP contribution in [-0.2, 0) is 0 Å². The molecule has 3 aliphatic rings. The minimum Gasteiger partial charge on any atom is -0.493 e. The molecule has 2 heteroatoms. The van der Waals surface area contributed by atoms with Gasteiger partial charge in [-0.25, -0.2) is 0 Å². The van der Waals surface area contributed by atoms with Gasteiger partial charge in [0.05, 0.1) is 6.61 Å². The summed E-state index contributed by atoms with van der Waals surface area (Å²) in [7, 11) is 2.15. The summed E-state index contributed by atoms with van der Waals surface area (Å²) in [6, 6.07) is 9.26. The predicted octanol–water partition coefficient (Wildman–Crippen LogP) is 3.97. The first kappa shape index (κ1) is 13.6. The van der Waals surface area contributed by atoms with Crippen molar-refractivity contribution in [1.82, 2.24) is 5.32 Å². The Labute approximate surface area is 128 Å². The van der Waals surface area contributed by atoms with Crippen LogP contribution in [0.3, 0.4) is 0 Å². The van der Waals surface area contributed by atoms with Gasteiger partial charge in [-0.15, -0.1) is 0 Å². The molecule has 21 heavy (non-hydrogen) atoms. The molecule has 2 nitrogen and oxygen atoms in total. The Morgan fingerprint density at radius 2 is 2.10 bits per heavy atom. The minimum absolute atomic E-state index is 0.611. The van der Waals surface area contributed by atoms with E-state index in [1.165, 1.54) is 37.7 Å². The maximum absolute atomic E-state index is 5.84. The van der Waals surface area contributed by atoms with E-state index in [9.17, 15) is 0 Å². The van der Waals surface area contributed by atoms with Gasteiger partial charge in [0.25, 0.3) is 0 Å². The van der Waals surface area contributed by atoms with Gasteiger partial charge in [-0.1, -0.05) is 24.6 Å². The number of ether oxygens (including phenoxy) is 1. The van der Waals surface area contributed by atoms with Crippen LogP contribution in [0.4, 0.5) is 0 Å². The van der Waals surface area contributed by atoms with Gasteiger partial charge in [0.15, 0.2) is 0 Å². The molecule has 5 unspecified atom stereocenters. The fourth-order valence-electron chi connectivity index (χ4n) is 5.26. The van der Waals surface area contributed by atoms with Gasteiger partial charge < -0.3 is 10.1 Å². The first-order valence-electron chi connectivity index (χ1n) is 8.74. The van der Waals surface area contributed by atoms with Crippen LogP contribution in [-0.4, -0.2) is 19.7 Å². The van der Waals surface area contributed by atoms with E-state index in [0.29, 0.717) is 12.0 Å². The lowest BCUT2D eigenvalue weighted by Crippen LogP contribution is -2.37. The Balaban J connectivity index is 1.51. The van der Waals surface area contributed by atoms with Crippen LogP contribution in [0.1, 0.15) is 50.0 Å². The Morgan fingerprint density at radius 3 is 2.86 bits per heavy atom. The molecule has 5 atom stereocenters. The molecule has 0 radical (unpaired) electrons. The zero-order valence-corrected chi connectivity index (χ0v) is 13.1. The van der Waals surface area contributed by atoms with Crippen molar-refractivity contribution in [2.45, 2.75) is 50.5 Å².